The van der Waals surface area contributed by atoms with Crippen LogP contribution in [0.4, 0.5) is 0 Å². The lowest BCUT2D eigenvalue weighted by Crippen LogP contribution is -1.89. The van der Waals surface area contributed by atoms with Gasteiger partial charge < -0.3 is 5.11 Å². The average Bonchev–Trinajstić information content (AvgIpc) is 2.31. The Kier molecular flexibility index (Phi) is 2.17. The van der Waals surface area contributed by atoms with Crippen molar-refractivity contribution in [1.82, 2.24) is 0 Å². The van der Waals surface area contributed by atoms with E-state index in [1.165, 1.54) is 6.07 Å². The zero-order chi connectivity index (χ0) is 8.43. The smallest absolute Gasteiger partial charge is 0.345 e. The van der Waals surface area contributed by atoms with Gasteiger partial charge in [0.1, 0.15) is 10.9 Å². The fourth-order valence-corrected chi connectivity index (χ4v) is 1.66. The Morgan fingerprint density at radius 2 is 2.45 bits per heavy atom. The van der Waals surface area contributed by atoms with Gasteiger partial charge in [0, 0.05) is 0 Å². The highest BCUT2D eigenvalue weighted by Crippen LogP contribution is 2.24. The van der Waals surface area contributed by atoms with Crippen LogP contribution in [0.2, 0.25) is 0 Å². The summed E-state index contributed by atoms with van der Waals surface area (Å²) in [4.78, 5) is 10.5. The highest BCUT2D eigenvalue weighted by atomic mass is 32.2. The van der Waals surface area contributed by atoms with Gasteiger partial charge in [-0.2, -0.15) is 5.26 Å². The number of nitrogens with zero attached hydrogens (tertiary/aromatic N) is 1. The number of nitriles is 1. The lowest BCUT2D eigenvalue weighted by molar-refractivity contribution is 0.0702. The first kappa shape index (κ1) is 8.11. The molecule has 0 unspecified atom stereocenters. The van der Waals surface area contributed by atoms with Crippen LogP contribution < -0.4 is 0 Å². The van der Waals surface area contributed by atoms with Gasteiger partial charge in [-0.3, -0.25) is 0 Å². The van der Waals surface area contributed by atoms with Crippen molar-refractivity contribution in [1.29, 1.82) is 5.26 Å². The molecule has 0 saturated carbocycles. The second-order valence-corrected chi connectivity index (χ2v) is 3.55. The number of aromatic carboxylic acids is 1. The van der Waals surface area contributed by atoms with Crippen molar-refractivity contribution in [2.45, 2.75) is 4.21 Å². The van der Waals surface area contributed by atoms with Gasteiger partial charge in [0.15, 0.2) is 0 Å². The minimum Gasteiger partial charge on any atom is -0.477 e. The summed E-state index contributed by atoms with van der Waals surface area (Å²) in [5.41, 5.74) is 0.315. The number of carboxylic acid groups (broad SMARTS) is 1. The normalized spacial score (nSPS) is 9.09. The summed E-state index contributed by atoms with van der Waals surface area (Å²) < 4.78 is 0.449. The molecule has 0 bridgehead atoms. The molecule has 56 valence electrons. The van der Waals surface area contributed by atoms with Crippen molar-refractivity contribution in [2.24, 2.45) is 0 Å². The molecule has 0 spiro atoms. The molecular formula is C6H3NO2S2. The summed E-state index contributed by atoms with van der Waals surface area (Å²) in [5.74, 6) is -1.02. The Labute approximate surface area is 72.3 Å². The third-order valence-electron chi connectivity index (χ3n) is 1.04. The first-order valence-electron chi connectivity index (χ1n) is 2.61. The van der Waals surface area contributed by atoms with E-state index in [9.17, 15) is 4.79 Å². The minimum atomic E-state index is -1.02. The molecule has 1 aromatic rings. The lowest BCUT2D eigenvalue weighted by Gasteiger charge is -1.79. The zero-order valence-electron chi connectivity index (χ0n) is 5.24. The second kappa shape index (κ2) is 2.95. The van der Waals surface area contributed by atoms with Crippen LogP contribution in [-0.2, 0) is 0 Å². The summed E-state index contributed by atoms with van der Waals surface area (Å²) in [6.07, 6.45) is 0. The Morgan fingerprint density at radius 3 is 2.73 bits per heavy atom. The van der Waals surface area contributed by atoms with Crippen LogP contribution in [0, 0.1) is 11.3 Å². The molecule has 1 heterocycles. The number of thiol groups is 1. The lowest BCUT2D eigenvalue weighted by atomic mass is 10.3. The van der Waals surface area contributed by atoms with Gasteiger partial charge in [-0.15, -0.1) is 24.0 Å². The molecule has 0 aromatic carbocycles. The van der Waals surface area contributed by atoms with E-state index in [2.05, 4.69) is 12.6 Å². The van der Waals surface area contributed by atoms with E-state index in [1.54, 1.807) is 0 Å². The SMILES string of the molecule is N#Cc1cc(C(=O)O)sc1S. The van der Waals surface area contributed by atoms with E-state index in [-0.39, 0.29) is 4.88 Å². The van der Waals surface area contributed by atoms with Gasteiger partial charge in [0.05, 0.1) is 9.77 Å². The van der Waals surface area contributed by atoms with Crippen molar-refractivity contribution < 1.29 is 9.90 Å². The molecule has 0 saturated heterocycles. The fourth-order valence-electron chi connectivity index (χ4n) is 0.567. The van der Waals surface area contributed by atoms with E-state index >= 15 is 0 Å². The average molecular weight is 185 g/mol. The summed E-state index contributed by atoms with van der Waals surface area (Å²) >= 11 is 4.92. The predicted molar refractivity (Wildman–Crippen MR) is 43.2 cm³/mol. The molecular weight excluding hydrogens is 182 g/mol. The molecule has 0 radical (unpaired) electrons. The number of rotatable bonds is 1. The maximum Gasteiger partial charge on any atom is 0.345 e. The molecule has 0 aliphatic carbocycles. The number of carbonyl (C=O) groups is 1. The van der Waals surface area contributed by atoms with Gasteiger partial charge in [0.25, 0.3) is 0 Å². The third-order valence-corrected chi connectivity index (χ3v) is 2.48. The molecule has 1 aromatic heterocycles. The minimum absolute atomic E-state index is 0.145. The largest absolute Gasteiger partial charge is 0.477 e. The highest BCUT2D eigenvalue weighted by Gasteiger charge is 2.10. The van der Waals surface area contributed by atoms with Crippen LogP contribution in [0.3, 0.4) is 0 Å². The molecule has 0 fully saturated rings. The molecule has 0 amide bonds. The van der Waals surface area contributed by atoms with Crippen molar-refractivity contribution >= 4 is 29.9 Å². The maximum absolute atomic E-state index is 10.3. The first-order valence-corrected chi connectivity index (χ1v) is 3.87. The topological polar surface area (TPSA) is 61.1 Å². The number of hydrogen-bond donors (Lipinski definition) is 2. The van der Waals surface area contributed by atoms with Crippen LogP contribution in [-0.4, -0.2) is 11.1 Å². The third kappa shape index (κ3) is 1.53. The standard InChI is InChI=1S/C6H3NO2S2/c7-2-3-1-4(5(8)9)11-6(3)10/h1,10H,(H,8,9). The molecule has 1 N–H and O–H groups in total. The number of thiophene rings is 1. The Balaban J connectivity index is 3.18. The van der Waals surface area contributed by atoms with Gasteiger partial charge in [-0.05, 0) is 6.07 Å². The van der Waals surface area contributed by atoms with Gasteiger partial charge >= 0.3 is 5.97 Å². The predicted octanol–water partition coefficient (Wildman–Crippen LogP) is 1.61. The van der Waals surface area contributed by atoms with Crippen LogP contribution in [0.1, 0.15) is 15.2 Å². The van der Waals surface area contributed by atoms with Gasteiger partial charge in [-0.1, -0.05) is 0 Å². The molecule has 1 rings (SSSR count). The van der Waals surface area contributed by atoms with Gasteiger partial charge in [-0.25, -0.2) is 4.79 Å². The van der Waals surface area contributed by atoms with Crippen LogP contribution in [0.15, 0.2) is 10.3 Å². The Bertz CT molecular complexity index is 337. The van der Waals surface area contributed by atoms with Crippen molar-refractivity contribution in [3.05, 3.63) is 16.5 Å². The number of carboxylic acids is 1. The number of hydrogen-bond acceptors (Lipinski definition) is 4. The molecule has 0 aliphatic heterocycles. The summed E-state index contributed by atoms with van der Waals surface area (Å²) in [5, 5.41) is 16.9. The van der Waals surface area contributed by atoms with Gasteiger partial charge in [0.2, 0.25) is 0 Å². The Morgan fingerprint density at radius 1 is 1.82 bits per heavy atom. The first-order chi connectivity index (χ1) is 5.15. The summed E-state index contributed by atoms with van der Waals surface area (Å²) in [7, 11) is 0. The second-order valence-electron chi connectivity index (χ2n) is 1.75. The van der Waals surface area contributed by atoms with Crippen molar-refractivity contribution in [2.75, 3.05) is 0 Å². The van der Waals surface area contributed by atoms with E-state index in [1.807, 2.05) is 6.07 Å². The van der Waals surface area contributed by atoms with Crippen LogP contribution in [0.25, 0.3) is 0 Å². The van der Waals surface area contributed by atoms with Crippen LogP contribution in [0.5, 0.6) is 0 Å². The van der Waals surface area contributed by atoms with Crippen molar-refractivity contribution in [3.8, 4) is 6.07 Å². The molecule has 3 nitrogen and oxygen atoms in total. The molecule has 0 aliphatic rings. The molecule has 5 heteroatoms. The molecule has 11 heavy (non-hydrogen) atoms. The fraction of sp³-hybridized carbons (Fsp3) is 0. The quantitative estimate of drug-likeness (QED) is 0.653. The monoisotopic (exact) mass is 185 g/mol. The maximum atomic E-state index is 10.3. The Hall–Kier alpha value is -0.990. The van der Waals surface area contributed by atoms with E-state index in [0.29, 0.717) is 9.77 Å². The highest BCUT2D eigenvalue weighted by molar-refractivity contribution is 7.83. The van der Waals surface area contributed by atoms with E-state index < -0.39 is 5.97 Å². The van der Waals surface area contributed by atoms with E-state index in [4.69, 9.17) is 10.4 Å². The van der Waals surface area contributed by atoms with Crippen molar-refractivity contribution in [3.63, 3.8) is 0 Å². The zero-order valence-corrected chi connectivity index (χ0v) is 6.95. The summed E-state index contributed by atoms with van der Waals surface area (Å²) in [6.45, 7) is 0. The van der Waals surface area contributed by atoms with Crippen LogP contribution >= 0.6 is 24.0 Å². The van der Waals surface area contributed by atoms with E-state index in [0.717, 1.165) is 11.3 Å². The molecule has 0 atom stereocenters. The summed E-state index contributed by atoms with van der Waals surface area (Å²) in [6, 6.07) is 3.16.